The number of nitrogens with zero attached hydrogens (tertiary/aromatic N) is 5. The first-order chi connectivity index (χ1) is 15.2. The van der Waals surface area contributed by atoms with E-state index in [0.717, 1.165) is 42.9 Å². The Labute approximate surface area is 182 Å². The second kappa shape index (κ2) is 10.1. The Balaban J connectivity index is 1.24. The smallest absolute Gasteiger partial charge is 0.220 e. The number of para-hydroxylation sites is 2. The fraction of sp³-hybridized carbons (Fsp3) is 0.391. The molecular weight excluding hydrogens is 392 g/mol. The van der Waals surface area contributed by atoms with Gasteiger partial charge in [0.05, 0.1) is 19.3 Å². The molecule has 1 saturated heterocycles. The van der Waals surface area contributed by atoms with Crippen LogP contribution in [0.1, 0.15) is 25.7 Å². The van der Waals surface area contributed by atoms with Crippen molar-refractivity contribution < 1.29 is 9.53 Å². The second-order valence-corrected chi connectivity index (χ2v) is 7.70. The van der Waals surface area contributed by atoms with Gasteiger partial charge in [0.15, 0.2) is 0 Å². The van der Waals surface area contributed by atoms with Crippen LogP contribution in [-0.4, -0.2) is 52.4 Å². The maximum absolute atomic E-state index is 12.5. The van der Waals surface area contributed by atoms with Crippen LogP contribution in [0.4, 0.5) is 5.69 Å². The highest BCUT2D eigenvalue weighted by Crippen LogP contribution is 2.29. The van der Waals surface area contributed by atoms with Crippen molar-refractivity contribution in [2.24, 2.45) is 0 Å². The van der Waals surface area contributed by atoms with Crippen LogP contribution in [0.15, 0.2) is 54.6 Å². The van der Waals surface area contributed by atoms with Gasteiger partial charge < -0.3 is 15.0 Å². The van der Waals surface area contributed by atoms with Crippen molar-refractivity contribution in [1.29, 1.82) is 0 Å². The van der Waals surface area contributed by atoms with E-state index in [0.29, 0.717) is 25.2 Å². The standard InChI is InChI=1S/C23H28N6O2/c1-31-21-13-6-5-12-20(21)28-15-7-11-19(17-28)24-22(30)14-8-16-29-26-23(25-27-29)18-9-3-2-4-10-18/h2-6,9-10,12-13,19H,7-8,11,14-17H2,1H3,(H,24,30). The van der Waals surface area contributed by atoms with Crippen LogP contribution in [0.3, 0.4) is 0 Å². The number of methoxy groups -OCH3 is 1. The third-order valence-electron chi connectivity index (χ3n) is 5.46. The summed E-state index contributed by atoms with van der Waals surface area (Å²) < 4.78 is 5.49. The van der Waals surface area contributed by atoms with E-state index in [1.54, 1.807) is 11.9 Å². The van der Waals surface area contributed by atoms with E-state index in [2.05, 4.69) is 31.7 Å². The molecule has 2 heterocycles. The highest BCUT2D eigenvalue weighted by Gasteiger charge is 2.23. The largest absolute Gasteiger partial charge is 0.495 e. The summed E-state index contributed by atoms with van der Waals surface area (Å²) in [6.45, 7) is 2.32. The molecule has 1 unspecified atom stereocenters. The van der Waals surface area contributed by atoms with Crippen LogP contribution < -0.4 is 15.0 Å². The molecule has 1 N–H and O–H groups in total. The summed E-state index contributed by atoms with van der Waals surface area (Å²) in [4.78, 5) is 16.3. The average molecular weight is 421 g/mol. The molecule has 1 fully saturated rings. The first kappa shape index (κ1) is 20.8. The summed E-state index contributed by atoms with van der Waals surface area (Å²) in [6.07, 6.45) is 3.13. The van der Waals surface area contributed by atoms with Gasteiger partial charge in [0.25, 0.3) is 0 Å². The number of aryl methyl sites for hydroxylation is 1. The number of carbonyl (C=O) groups excluding carboxylic acids is 1. The lowest BCUT2D eigenvalue weighted by atomic mass is 10.0. The predicted molar refractivity (Wildman–Crippen MR) is 119 cm³/mol. The second-order valence-electron chi connectivity index (χ2n) is 7.70. The normalized spacial score (nSPS) is 16.2. The molecule has 8 nitrogen and oxygen atoms in total. The van der Waals surface area contributed by atoms with Crippen molar-refractivity contribution in [3.05, 3.63) is 54.6 Å². The topological polar surface area (TPSA) is 85.2 Å². The lowest BCUT2D eigenvalue weighted by Crippen LogP contribution is -2.47. The van der Waals surface area contributed by atoms with Crippen molar-refractivity contribution in [3.8, 4) is 17.1 Å². The first-order valence-electron chi connectivity index (χ1n) is 10.7. The quantitative estimate of drug-likeness (QED) is 0.603. The van der Waals surface area contributed by atoms with Crippen molar-refractivity contribution in [2.75, 3.05) is 25.1 Å². The number of nitrogens with one attached hydrogen (secondary N) is 1. The minimum atomic E-state index is 0.0651. The summed E-state index contributed by atoms with van der Waals surface area (Å²) in [6, 6.07) is 17.9. The van der Waals surface area contributed by atoms with Gasteiger partial charge in [-0.25, -0.2) is 0 Å². The van der Waals surface area contributed by atoms with Gasteiger partial charge in [0.2, 0.25) is 11.7 Å². The Morgan fingerprint density at radius 2 is 1.97 bits per heavy atom. The van der Waals surface area contributed by atoms with E-state index in [1.807, 2.05) is 48.5 Å². The van der Waals surface area contributed by atoms with Crippen molar-refractivity contribution in [2.45, 2.75) is 38.3 Å². The molecule has 0 saturated carbocycles. The Morgan fingerprint density at radius 3 is 2.81 bits per heavy atom. The van der Waals surface area contributed by atoms with Crippen molar-refractivity contribution >= 4 is 11.6 Å². The van der Waals surface area contributed by atoms with Crippen LogP contribution >= 0.6 is 0 Å². The van der Waals surface area contributed by atoms with E-state index in [4.69, 9.17) is 4.74 Å². The minimum absolute atomic E-state index is 0.0651. The van der Waals surface area contributed by atoms with Gasteiger partial charge in [-0.15, -0.1) is 10.2 Å². The molecule has 162 valence electrons. The SMILES string of the molecule is COc1ccccc1N1CCCC(NC(=O)CCCn2nnc(-c3ccccc3)n2)C1. The van der Waals surface area contributed by atoms with E-state index in [-0.39, 0.29) is 11.9 Å². The molecule has 1 aliphatic heterocycles. The number of ether oxygens (including phenoxy) is 1. The summed E-state index contributed by atoms with van der Waals surface area (Å²) in [5, 5.41) is 15.8. The van der Waals surface area contributed by atoms with Gasteiger partial charge in [-0.3, -0.25) is 4.79 Å². The van der Waals surface area contributed by atoms with Gasteiger partial charge in [0, 0.05) is 31.1 Å². The van der Waals surface area contributed by atoms with Crippen LogP contribution in [0, 0.1) is 0 Å². The summed E-state index contributed by atoms with van der Waals surface area (Å²) in [5.41, 5.74) is 2.01. The molecule has 0 spiro atoms. The number of aromatic nitrogens is 4. The highest BCUT2D eigenvalue weighted by atomic mass is 16.5. The number of anilines is 1. The Bertz CT molecular complexity index is 990. The first-order valence-corrected chi connectivity index (χ1v) is 10.7. The molecule has 31 heavy (non-hydrogen) atoms. The Hall–Kier alpha value is -3.42. The van der Waals surface area contributed by atoms with Gasteiger partial charge in [-0.1, -0.05) is 42.5 Å². The Morgan fingerprint density at radius 1 is 1.16 bits per heavy atom. The molecule has 0 aliphatic carbocycles. The van der Waals surface area contributed by atoms with Crippen LogP contribution in [-0.2, 0) is 11.3 Å². The molecular formula is C23H28N6O2. The number of hydrogen-bond donors (Lipinski definition) is 1. The molecule has 2 aromatic carbocycles. The van der Waals surface area contributed by atoms with Gasteiger partial charge in [-0.2, -0.15) is 4.80 Å². The Kier molecular flexibility index (Phi) is 6.76. The minimum Gasteiger partial charge on any atom is -0.495 e. The molecule has 0 radical (unpaired) electrons. The zero-order chi connectivity index (χ0) is 21.5. The predicted octanol–water partition coefficient (Wildman–Crippen LogP) is 2.91. The van der Waals surface area contributed by atoms with E-state index >= 15 is 0 Å². The number of carbonyl (C=O) groups is 1. The molecule has 8 heteroatoms. The number of benzene rings is 2. The molecule has 1 atom stereocenters. The highest BCUT2D eigenvalue weighted by molar-refractivity contribution is 5.76. The number of amides is 1. The maximum Gasteiger partial charge on any atom is 0.220 e. The zero-order valence-corrected chi connectivity index (χ0v) is 17.8. The fourth-order valence-electron chi connectivity index (χ4n) is 3.93. The number of tetrazole rings is 1. The lowest BCUT2D eigenvalue weighted by Gasteiger charge is -2.35. The zero-order valence-electron chi connectivity index (χ0n) is 17.8. The average Bonchev–Trinajstić information content (AvgIpc) is 3.29. The number of rotatable bonds is 8. The lowest BCUT2D eigenvalue weighted by molar-refractivity contribution is -0.122. The molecule has 3 aromatic rings. The maximum atomic E-state index is 12.5. The van der Waals surface area contributed by atoms with Crippen LogP contribution in [0.25, 0.3) is 11.4 Å². The third kappa shape index (κ3) is 5.39. The van der Waals surface area contributed by atoms with Crippen molar-refractivity contribution in [1.82, 2.24) is 25.5 Å². The van der Waals surface area contributed by atoms with Gasteiger partial charge in [-0.05, 0) is 36.6 Å². The van der Waals surface area contributed by atoms with Gasteiger partial charge >= 0.3 is 0 Å². The van der Waals surface area contributed by atoms with E-state index in [9.17, 15) is 4.79 Å². The summed E-state index contributed by atoms with van der Waals surface area (Å²) >= 11 is 0. The monoisotopic (exact) mass is 420 g/mol. The molecule has 1 aromatic heterocycles. The van der Waals surface area contributed by atoms with Gasteiger partial charge in [0.1, 0.15) is 5.75 Å². The number of hydrogen-bond acceptors (Lipinski definition) is 6. The molecule has 1 aliphatic rings. The van der Waals surface area contributed by atoms with E-state index in [1.165, 1.54) is 0 Å². The van der Waals surface area contributed by atoms with Crippen LogP contribution in [0.2, 0.25) is 0 Å². The van der Waals surface area contributed by atoms with E-state index < -0.39 is 0 Å². The number of piperidine rings is 1. The van der Waals surface area contributed by atoms with Crippen molar-refractivity contribution in [3.63, 3.8) is 0 Å². The summed E-state index contributed by atoms with van der Waals surface area (Å²) in [5.74, 6) is 1.53. The fourth-order valence-corrected chi connectivity index (χ4v) is 3.93. The molecule has 1 amide bonds. The summed E-state index contributed by atoms with van der Waals surface area (Å²) in [7, 11) is 1.69. The molecule has 0 bridgehead atoms. The molecule has 4 rings (SSSR count). The third-order valence-corrected chi connectivity index (χ3v) is 5.46. The van der Waals surface area contributed by atoms with Crippen LogP contribution in [0.5, 0.6) is 5.75 Å².